The quantitative estimate of drug-likeness (QED) is 0.0167. The molecule has 4 aromatic carbocycles. The molecule has 4 atom stereocenters. The van der Waals surface area contributed by atoms with Gasteiger partial charge in [-0.25, -0.2) is 59.0 Å². The van der Waals surface area contributed by atoms with Crippen LogP contribution < -0.4 is 87.7 Å². The van der Waals surface area contributed by atoms with Crippen LogP contribution in [0.3, 0.4) is 0 Å². The minimum absolute atomic E-state index is 0.0114. The summed E-state index contributed by atoms with van der Waals surface area (Å²) in [4.78, 5) is 272. The fourth-order valence-corrected chi connectivity index (χ4v) is 11.9. The zero-order valence-electron chi connectivity index (χ0n) is 66.5. The molecule has 4 amide bonds. The van der Waals surface area contributed by atoms with Crippen molar-refractivity contribution in [1.82, 2.24) is 101 Å². The maximum absolute atomic E-state index is 14.4. The molecule has 24 N–H and O–H groups in total. The highest BCUT2D eigenvalue weighted by Crippen LogP contribution is 2.27. The predicted octanol–water partition coefficient (Wildman–Crippen LogP) is -0.693. The molecule has 664 valence electrons. The average Bonchev–Trinajstić information content (AvgIpc) is 0.818. The van der Waals surface area contributed by atoms with Crippen LogP contribution >= 0.6 is 0 Å². The molecule has 12 rings (SSSR count). The molecule has 8 heterocycles. The van der Waals surface area contributed by atoms with Gasteiger partial charge >= 0.3 is 53.9 Å². The highest BCUT2D eigenvalue weighted by atomic mass is 17.0. The zero-order chi connectivity index (χ0) is 92.3. The third-order valence-corrected chi connectivity index (χ3v) is 18.3. The summed E-state index contributed by atoms with van der Waals surface area (Å²) in [5.41, 5.74) is 21.3. The maximum Gasteiger partial charge on any atom is 0.619 e. The third kappa shape index (κ3) is 24.2. The van der Waals surface area contributed by atoms with E-state index in [1.165, 1.54) is 122 Å². The first kappa shape index (κ1) is 90.0. The first-order chi connectivity index (χ1) is 61.6. The van der Waals surface area contributed by atoms with Crippen LogP contribution in [0.1, 0.15) is 116 Å². The van der Waals surface area contributed by atoms with Crippen molar-refractivity contribution in [3.05, 3.63) is 208 Å². The van der Waals surface area contributed by atoms with E-state index in [2.05, 4.69) is 122 Å². The molecule has 0 unspecified atom stereocenters. The second kappa shape index (κ2) is 40.2. The molecule has 52 heteroatoms. The van der Waals surface area contributed by atoms with Crippen molar-refractivity contribution in [3.63, 3.8) is 0 Å². The van der Waals surface area contributed by atoms with E-state index in [-0.39, 0.29) is 140 Å². The molecule has 12 aromatic rings. The van der Waals surface area contributed by atoms with Crippen LogP contribution in [-0.4, -0.2) is 202 Å². The number of benzene rings is 4. The van der Waals surface area contributed by atoms with Crippen molar-refractivity contribution in [2.75, 3.05) is 44.2 Å². The Morgan fingerprint density at radius 3 is 0.690 bits per heavy atom. The van der Waals surface area contributed by atoms with E-state index >= 15 is 0 Å². The Bertz CT molecular complexity index is 5850. The number of esters is 4. The van der Waals surface area contributed by atoms with Crippen molar-refractivity contribution in [2.24, 2.45) is 0 Å². The van der Waals surface area contributed by atoms with Crippen LogP contribution in [0.5, 0.6) is 0 Å². The number of carbonyl (C=O) groups excluding carboxylic acids is 8. The summed E-state index contributed by atoms with van der Waals surface area (Å²) < 4.78 is 21.5. The number of anilines is 8. The van der Waals surface area contributed by atoms with E-state index < -0.39 is 175 Å². The minimum atomic E-state index is -4.23. The maximum atomic E-state index is 14.4. The number of carboxylic acid groups (broad SMARTS) is 4. The number of nitrogens with two attached hydrogens (primary N) is 4. The predicted molar refractivity (Wildman–Crippen MR) is 444 cm³/mol. The van der Waals surface area contributed by atoms with Gasteiger partial charge in [-0.15, -0.1) is 0 Å². The van der Waals surface area contributed by atoms with Crippen molar-refractivity contribution in [1.29, 1.82) is 0 Å². The Kier molecular flexibility index (Phi) is 28.1. The van der Waals surface area contributed by atoms with E-state index in [1.54, 1.807) is 0 Å². The monoisotopic (exact) mass is 1770 g/mol. The Hall–Kier alpha value is -18.2. The number of nitrogen functional groups attached to an aromatic ring is 4. The fraction of sp³-hybridized carbons (Fsp3) is 0.221. The highest BCUT2D eigenvalue weighted by Gasteiger charge is 2.50. The summed E-state index contributed by atoms with van der Waals surface area (Å²) in [6.07, 6.45) is -7.65. The first-order valence-electron chi connectivity index (χ1n) is 38.1. The van der Waals surface area contributed by atoms with E-state index in [1.807, 2.05) is 0 Å². The van der Waals surface area contributed by atoms with Gasteiger partial charge in [-0.05, 0) is 123 Å². The highest BCUT2D eigenvalue weighted by molar-refractivity contribution is 6.00. The summed E-state index contributed by atoms with van der Waals surface area (Å²) >= 11 is 0. The largest absolute Gasteiger partial charge is 0.619 e. The van der Waals surface area contributed by atoms with Gasteiger partial charge in [0.2, 0.25) is 23.8 Å². The van der Waals surface area contributed by atoms with Crippen molar-refractivity contribution in [3.8, 4) is 0 Å². The number of nitrogens with zero attached hydrogens (tertiary/aromatic N) is 12. The Balaban J connectivity index is 0.763. The number of amides is 4. The van der Waals surface area contributed by atoms with Gasteiger partial charge < -0.3 is 105 Å². The van der Waals surface area contributed by atoms with Crippen molar-refractivity contribution >= 4 is 163 Å². The topological polar surface area (TPSA) is 809 Å². The molecule has 52 nitrogen and oxygen atoms in total. The second-order valence-corrected chi connectivity index (χ2v) is 27.7. The number of aromatic amines is 4. The number of carbonyl (C=O) groups is 12. The lowest BCUT2D eigenvalue weighted by molar-refractivity contribution is -0.432. The number of ether oxygens (including phenoxy) is 4. The van der Waals surface area contributed by atoms with Gasteiger partial charge in [-0.1, -0.05) is 0 Å². The lowest BCUT2D eigenvalue weighted by atomic mass is 10.1. The molecule has 0 fully saturated rings. The van der Waals surface area contributed by atoms with Gasteiger partial charge in [0.05, 0.1) is 73.7 Å². The van der Waals surface area contributed by atoms with Gasteiger partial charge in [0.15, 0.2) is 44.7 Å². The van der Waals surface area contributed by atoms with E-state index in [0.717, 1.165) is 0 Å². The lowest BCUT2D eigenvalue weighted by Crippen LogP contribution is -2.49. The SMILES string of the molecule is Nc1nc2ncc(CNc3ccc(C(=O)N[C@@H](CCC(=O)OC(OC(=O)CC[C@H](NC(=O)c4ccc(NCc5cnc6nc(N)[nH]c(=O)c6n5)cc4)C(=O)O)(OC(=O)CC[C@H](NC(=O)c4ccc(NCc5cnc6nc(N)[nH]c(=O)c6n5)cc4)C(=O)O)OC(=O)CC[C@H](NC(=O)c4ccc(NCc5cnc6nc(N)[nH]c(=O)c6n5)cc4)C(=O)O)C(=O)O)cc3)nc2c(=O)[nH]1. The number of fused-ring (bicyclic) bond motifs is 4. The number of nitrogens with one attached hydrogen (secondary N) is 12. The molecule has 129 heavy (non-hydrogen) atoms. The van der Waals surface area contributed by atoms with E-state index in [0.29, 0.717) is 22.7 Å². The number of hydrogen-bond acceptors (Lipinski definition) is 40. The van der Waals surface area contributed by atoms with Gasteiger partial charge in [-0.2, -0.15) is 19.9 Å². The number of H-pyrrole nitrogens is 4. The minimum Gasteiger partial charge on any atom is -0.480 e. The van der Waals surface area contributed by atoms with Crippen LogP contribution in [0, 0.1) is 0 Å². The van der Waals surface area contributed by atoms with E-state index in [4.69, 9.17) is 41.9 Å². The standard InChI is InChI=1S/C77H72N28O24/c78-73-98-57-53(65(114)102-73)90-41(29-86-57)25-82-37-9-1-33(2-10-37)61(110)94-45(69(118)119)17-21-49(106)126-77(127-50(107)22-18-46(70(120)121)95-62(111)34-3-11-38(12-4-34)83-26-42-30-87-58-54(91-42)66(115)103-74(79)99-58,128-51(108)23-19-47(71(122)123)96-63(112)35-5-13-39(14-6-35)84-27-43-31-88-59-55(92-43)67(116)104-75(80)100-59)129-52(109)24-20-48(72(124)125)97-64(113)36-7-15-40(16-8-36)85-28-44-32-89-60-56(93-44)68(117)105-76(81)101-60/h1-16,29-32,45-48,82-85H,17-28H2,(H,94,110)(H,95,111)(H,96,112)(H,97,113)(H,118,119)(H,120,121)(H,122,123)(H,124,125)(H3,78,86,98,102,114)(H3,79,87,99,103,115)(H3,80,88,100,104,116)(H3,81,89,101,105,117)/t45-,46-,47-,48-/m0/s1. The molecule has 0 spiro atoms. The summed E-state index contributed by atoms with van der Waals surface area (Å²) in [5, 5.41) is 62.5. The molecule has 0 aliphatic heterocycles. The van der Waals surface area contributed by atoms with Gasteiger partial charge in [-0.3, -0.25) is 77.5 Å². The van der Waals surface area contributed by atoms with Crippen molar-refractivity contribution < 1.29 is 96.9 Å². The molecule has 0 radical (unpaired) electrons. The van der Waals surface area contributed by atoms with Crippen molar-refractivity contribution in [2.45, 2.75) is 108 Å². The number of aromatic nitrogens is 16. The Labute approximate surface area is 718 Å². The Morgan fingerprint density at radius 2 is 0.504 bits per heavy atom. The average molecular weight is 1770 g/mol. The van der Waals surface area contributed by atoms with Gasteiger partial charge in [0, 0.05) is 70.7 Å². The number of hydrogen-bond donors (Lipinski definition) is 20. The number of carboxylic acids is 4. The van der Waals surface area contributed by atoms with Crippen LogP contribution in [0.4, 0.5) is 46.5 Å². The second-order valence-electron chi connectivity index (χ2n) is 27.7. The molecule has 0 bridgehead atoms. The van der Waals surface area contributed by atoms with Crippen LogP contribution in [0.25, 0.3) is 44.7 Å². The first-order valence-corrected chi connectivity index (χ1v) is 38.1. The molecular formula is C77H72N28O24. The molecule has 0 saturated carbocycles. The number of aliphatic carboxylic acids is 4. The Morgan fingerprint density at radius 1 is 0.310 bits per heavy atom. The molecule has 0 saturated heterocycles. The summed E-state index contributed by atoms with van der Waals surface area (Å²) in [6, 6.07) is 13.2. The summed E-state index contributed by atoms with van der Waals surface area (Å²) in [6.45, 7) is -0.0457. The number of rotatable bonds is 40. The molecular weight excluding hydrogens is 1700 g/mol. The van der Waals surface area contributed by atoms with Crippen LogP contribution in [0.2, 0.25) is 0 Å². The molecule has 0 aliphatic rings. The molecule has 0 aliphatic carbocycles. The molecule has 8 aromatic heterocycles. The third-order valence-electron chi connectivity index (χ3n) is 18.3. The van der Waals surface area contributed by atoms with Gasteiger partial charge in [0.1, 0.15) is 24.2 Å². The zero-order valence-corrected chi connectivity index (χ0v) is 66.5. The van der Waals surface area contributed by atoms with Crippen LogP contribution in [-0.2, 0) is 83.5 Å². The summed E-state index contributed by atoms with van der Waals surface area (Å²) in [5.74, 6) is -19.3. The summed E-state index contributed by atoms with van der Waals surface area (Å²) in [7, 11) is 0. The lowest BCUT2D eigenvalue weighted by Gasteiger charge is -2.29. The smallest absolute Gasteiger partial charge is 0.480 e. The normalized spacial score (nSPS) is 12.1. The van der Waals surface area contributed by atoms with E-state index in [9.17, 15) is 97.1 Å². The van der Waals surface area contributed by atoms with Gasteiger partial charge in [0.25, 0.3) is 45.9 Å². The fourth-order valence-electron chi connectivity index (χ4n) is 11.9. The van der Waals surface area contributed by atoms with Crippen LogP contribution in [0.15, 0.2) is 141 Å².